The third kappa shape index (κ3) is 2.34. The van der Waals surface area contributed by atoms with Gasteiger partial charge in [-0.25, -0.2) is 4.98 Å². The minimum Gasteiger partial charge on any atom is -0.344 e. The molecule has 0 aliphatic carbocycles. The van der Waals surface area contributed by atoms with Crippen LogP contribution >= 0.6 is 11.3 Å². The van der Waals surface area contributed by atoms with Gasteiger partial charge in [0.05, 0.1) is 12.2 Å². The molecule has 0 aromatic carbocycles. The standard InChI is InChI=1S/C10H10N4OS/c1-2-7-6-16-9(13-7)5-11-10(15)8-3-4-12-14-8/h2-4,6H,1,5H2,(H,11,15)(H,12,14). The number of thiazole rings is 1. The highest BCUT2D eigenvalue weighted by molar-refractivity contribution is 7.09. The summed E-state index contributed by atoms with van der Waals surface area (Å²) in [6.45, 7) is 4.04. The van der Waals surface area contributed by atoms with E-state index in [2.05, 4.69) is 27.1 Å². The number of aromatic amines is 1. The molecular formula is C10H10N4OS. The van der Waals surface area contributed by atoms with Crippen LogP contribution in [0.4, 0.5) is 0 Å². The van der Waals surface area contributed by atoms with Crippen LogP contribution in [0.1, 0.15) is 21.2 Å². The molecule has 5 nitrogen and oxygen atoms in total. The second-order valence-corrected chi connectivity index (χ2v) is 3.97. The van der Waals surface area contributed by atoms with Crippen molar-refractivity contribution in [1.82, 2.24) is 20.5 Å². The third-order valence-corrected chi connectivity index (χ3v) is 2.79. The molecule has 2 N–H and O–H groups in total. The Balaban J connectivity index is 1.92. The van der Waals surface area contributed by atoms with Crippen molar-refractivity contribution in [2.75, 3.05) is 0 Å². The molecule has 0 saturated carbocycles. The van der Waals surface area contributed by atoms with Crippen LogP contribution in [0.25, 0.3) is 6.08 Å². The first-order chi connectivity index (χ1) is 7.79. The lowest BCUT2D eigenvalue weighted by molar-refractivity contribution is 0.0946. The van der Waals surface area contributed by atoms with Crippen molar-refractivity contribution in [3.05, 3.63) is 40.6 Å². The van der Waals surface area contributed by atoms with E-state index in [1.165, 1.54) is 17.5 Å². The maximum Gasteiger partial charge on any atom is 0.269 e. The third-order valence-electron chi connectivity index (χ3n) is 1.92. The van der Waals surface area contributed by atoms with Gasteiger partial charge in [-0.2, -0.15) is 5.10 Å². The monoisotopic (exact) mass is 234 g/mol. The summed E-state index contributed by atoms with van der Waals surface area (Å²) in [5.74, 6) is -0.187. The van der Waals surface area contributed by atoms with Crippen LogP contribution in [0.15, 0.2) is 24.2 Å². The number of aromatic nitrogens is 3. The number of H-pyrrole nitrogens is 1. The Morgan fingerprint density at radius 1 is 1.69 bits per heavy atom. The first-order valence-electron chi connectivity index (χ1n) is 4.64. The van der Waals surface area contributed by atoms with E-state index in [9.17, 15) is 4.79 Å². The number of nitrogens with zero attached hydrogens (tertiary/aromatic N) is 2. The molecule has 2 aromatic heterocycles. The molecule has 0 saturated heterocycles. The molecule has 0 aliphatic rings. The Labute approximate surface area is 96.2 Å². The fourth-order valence-electron chi connectivity index (χ4n) is 1.13. The predicted octanol–water partition coefficient (Wildman–Crippen LogP) is 1.44. The average Bonchev–Trinajstić information content (AvgIpc) is 2.96. The molecule has 0 unspecified atom stereocenters. The average molecular weight is 234 g/mol. The number of carbonyl (C=O) groups is 1. The molecule has 0 fully saturated rings. The van der Waals surface area contributed by atoms with Crippen molar-refractivity contribution < 1.29 is 4.79 Å². The van der Waals surface area contributed by atoms with Gasteiger partial charge in [0.15, 0.2) is 0 Å². The summed E-state index contributed by atoms with van der Waals surface area (Å²) in [5, 5.41) is 11.8. The molecule has 16 heavy (non-hydrogen) atoms. The van der Waals surface area contributed by atoms with E-state index in [0.29, 0.717) is 12.2 Å². The number of rotatable bonds is 4. The van der Waals surface area contributed by atoms with Gasteiger partial charge >= 0.3 is 0 Å². The Hall–Kier alpha value is -1.95. The Bertz CT molecular complexity index is 489. The molecule has 1 amide bonds. The normalized spacial score (nSPS) is 10.0. The van der Waals surface area contributed by atoms with Gasteiger partial charge in [0.2, 0.25) is 0 Å². The molecule has 2 aromatic rings. The number of hydrogen-bond acceptors (Lipinski definition) is 4. The molecule has 82 valence electrons. The summed E-state index contributed by atoms with van der Waals surface area (Å²) in [7, 11) is 0. The highest BCUT2D eigenvalue weighted by Crippen LogP contribution is 2.10. The summed E-state index contributed by atoms with van der Waals surface area (Å²) in [6, 6.07) is 1.62. The van der Waals surface area contributed by atoms with E-state index in [0.717, 1.165) is 10.7 Å². The zero-order valence-electron chi connectivity index (χ0n) is 8.43. The zero-order chi connectivity index (χ0) is 11.4. The van der Waals surface area contributed by atoms with Crippen LogP contribution in [0.2, 0.25) is 0 Å². The van der Waals surface area contributed by atoms with Crippen molar-refractivity contribution in [1.29, 1.82) is 0 Å². The van der Waals surface area contributed by atoms with Gasteiger partial charge in [0.25, 0.3) is 5.91 Å². The highest BCUT2D eigenvalue weighted by atomic mass is 32.1. The number of nitrogens with one attached hydrogen (secondary N) is 2. The van der Waals surface area contributed by atoms with Gasteiger partial charge in [-0.1, -0.05) is 6.58 Å². The molecule has 0 bridgehead atoms. The van der Waals surface area contributed by atoms with Crippen LogP contribution < -0.4 is 5.32 Å². The van der Waals surface area contributed by atoms with E-state index in [-0.39, 0.29) is 5.91 Å². The molecule has 0 atom stereocenters. The maximum atomic E-state index is 11.5. The maximum absolute atomic E-state index is 11.5. The van der Waals surface area contributed by atoms with Crippen molar-refractivity contribution in [3.63, 3.8) is 0 Å². The minimum atomic E-state index is -0.187. The fourth-order valence-corrected chi connectivity index (χ4v) is 1.85. The second kappa shape index (κ2) is 4.71. The summed E-state index contributed by atoms with van der Waals surface area (Å²) >= 11 is 1.49. The molecule has 0 radical (unpaired) electrons. The zero-order valence-corrected chi connectivity index (χ0v) is 9.25. The van der Waals surface area contributed by atoms with Gasteiger partial charge < -0.3 is 5.32 Å². The molecular weight excluding hydrogens is 224 g/mol. The van der Waals surface area contributed by atoms with Gasteiger partial charge in [-0.15, -0.1) is 11.3 Å². The van der Waals surface area contributed by atoms with Gasteiger partial charge in [0, 0.05) is 11.6 Å². The van der Waals surface area contributed by atoms with Crippen molar-refractivity contribution in [2.45, 2.75) is 6.54 Å². The number of hydrogen-bond donors (Lipinski definition) is 2. The summed E-state index contributed by atoms with van der Waals surface area (Å²) in [6.07, 6.45) is 3.21. The summed E-state index contributed by atoms with van der Waals surface area (Å²) < 4.78 is 0. The van der Waals surface area contributed by atoms with E-state index in [1.807, 2.05) is 5.38 Å². The van der Waals surface area contributed by atoms with Crippen LogP contribution in [0.5, 0.6) is 0 Å². The van der Waals surface area contributed by atoms with E-state index in [4.69, 9.17) is 0 Å². The highest BCUT2D eigenvalue weighted by Gasteiger charge is 2.07. The van der Waals surface area contributed by atoms with E-state index < -0.39 is 0 Å². The van der Waals surface area contributed by atoms with Crippen molar-refractivity contribution in [3.8, 4) is 0 Å². The van der Waals surface area contributed by atoms with Gasteiger partial charge in [-0.3, -0.25) is 9.89 Å². The van der Waals surface area contributed by atoms with Gasteiger partial charge in [-0.05, 0) is 12.1 Å². The minimum absolute atomic E-state index is 0.187. The molecule has 0 aliphatic heterocycles. The van der Waals surface area contributed by atoms with Crippen LogP contribution in [0.3, 0.4) is 0 Å². The Kier molecular flexibility index (Phi) is 3.11. The Morgan fingerprint density at radius 2 is 2.56 bits per heavy atom. The van der Waals surface area contributed by atoms with E-state index in [1.54, 1.807) is 12.1 Å². The van der Waals surface area contributed by atoms with Crippen LogP contribution in [-0.2, 0) is 6.54 Å². The smallest absolute Gasteiger partial charge is 0.269 e. The predicted molar refractivity (Wildman–Crippen MR) is 62.0 cm³/mol. The lowest BCUT2D eigenvalue weighted by atomic mass is 10.4. The summed E-state index contributed by atoms with van der Waals surface area (Å²) in [5.41, 5.74) is 1.27. The molecule has 2 heterocycles. The molecule has 0 spiro atoms. The first-order valence-corrected chi connectivity index (χ1v) is 5.52. The molecule has 6 heteroatoms. The SMILES string of the molecule is C=Cc1csc(CNC(=O)c2ccn[nH]2)n1. The largest absolute Gasteiger partial charge is 0.344 e. The lowest BCUT2D eigenvalue weighted by Crippen LogP contribution is -2.23. The summed E-state index contributed by atoms with van der Waals surface area (Å²) in [4.78, 5) is 15.8. The lowest BCUT2D eigenvalue weighted by Gasteiger charge is -1.99. The number of amides is 1. The Morgan fingerprint density at radius 3 is 3.19 bits per heavy atom. The van der Waals surface area contributed by atoms with Crippen molar-refractivity contribution in [2.24, 2.45) is 0 Å². The van der Waals surface area contributed by atoms with E-state index >= 15 is 0 Å². The fraction of sp³-hybridized carbons (Fsp3) is 0.100. The molecule has 2 rings (SSSR count). The van der Waals surface area contributed by atoms with Crippen molar-refractivity contribution >= 4 is 23.3 Å². The number of carbonyl (C=O) groups excluding carboxylic acids is 1. The van der Waals surface area contributed by atoms with Crippen LogP contribution in [-0.4, -0.2) is 21.1 Å². The van der Waals surface area contributed by atoms with Gasteiger partial charge in [0.1, 0.15) is 10.7 Å². The first kappa shape index (κ1) is 10.6. The topological polar surface area (TPSA) is 70.7 Å². The van der Waals surface area contributed by atoms with Crippen LogP contribution in [0, 0.1) is 0 Å². The quantitative estimate of drug-likeness (QED) is 0.840. The second-order valence-electron chi connectivity index (χ2n) is 3.02.